The second-order valence-electron chi connectivity index (χ2n) is 5.38. The van der Waals surface area contributed by atoms with E-state index in [9.17, 15) is 4.79 Å². The van der Waals surface area contributed by atoms with E-state index in [1.807, 2.05) is 4.90 Å². The predicted molar refractivity (Wildman–Crippen MR) is 63.8 cm³/mol. The molecule has 3 aliphatic heterocycles. The first-order valence-electron chi connectivity index (χ1n) is 6.60. The van der Waals surface area contributed by atoms with E-state index >= 15 is 0 Å². The summed E-state index contributed by atoms with van der Waals surface area (Å²) < 4.78 is 5.86. The highest BCUT2D eigenvalue weighted by molar-refractivity contribution is 5.81. The van der Waals surface area contributed by atoms with Gasteiger partial charge in [-0.1, -0.05) is 0 Å². The lowest BCUT2D eigenvalue weighted by Gasteiger charge is -2.33. The van der Waals surface area contributed by atoms with Crippen LogP contribution in [-0.2, 0) is 9.53 Å². The van der Waals surface area contributed by atoms with Gasteiger partial charge in [0.05, 0.1) is 6.10 Å². The molecular weight excluding hydrogens is 218 g/mol. The third-order valence-corrected chi connectivity index (χ3v) is 4.18. The fourth-order valence-corrected chi connectivity index (χ4v) is 3.03. The van der Waals surface area contributed by atoms with Gasteiger partial charge in [0.15, 0.2) is 0 Å². The zero-order valence-electron chi connectivity index (χ0n) is 10.4. The highest BCUT2D eigenvalue weighted by Gasteiger charge is 2.42. The molecule has 0 saturated carbocycles. The lowest BCUT2D eigenvalue weighted by molar-refractivity contribution is -0.144. The minimum atomic E-state index is -0.193. The van der Waals surface area contributed by atoms with E-state index in [2.05, 4.69) is 17.3 Å². The second-order valence-corrected chi connectivity index (χ2v) is 5.38. The van der Waals surface area contributed by atoms with Gasteiger partial charge in [-0.05, 0) is 20.0 Å². The first kappa shape index (κ1) is 11.4. The van der Waals surface area contributed by atoms with Crippen molar-refractivity contribution in [2.75, 3.05) is 39.8 Å². The van der Waals surface area contributed by atoms with Gasteiger partial charge in [0, 0.05) is 38.6 Å². The van der Waals surface area contributed by atoms with Crippen molar-refractivity contribution in [1.29, 1.82) is 0 Å². The number of rotatable bonds is 1. The molecule has 0 aliphatic carbocycles. The van der Waals surface area contributed by atoms with Gasteiger partial charge in [0.25, 0.3) is 5.91 Å². The third kappa shape index (κ3) is 2.19. The maximum absolute atomic E-state index is 12.3. The summed E-state index contributed by atoms with van der Waals surface area (Å²) in [7, 11) is 2.10. The molecule has 5 nitrogen and oxygen atoms in total. The van der Waals surface area contributed by atoms with Crippen molar-refractivity contribution in [1.82, 2.24) is 15.1 Å². The van der Waals surface area contributed by atoms with Gasteiger partial charge in [-0.25, -0.2) is 0 Å². The summed E-state index contributed by atoms with van der Waals surface area (Å²) in [6.45, 7) is 4.67. The molecule has 3 fully saturated rings. The topological polar surface area (TPSA) is 44.8 Å². The first-order chi connectivity index (χ1) is 8.24. The van der Waals surface area contributed by atoms with Crippen LogP contribution >= 0.6 is 0 Å². The first-order valence-corrected chi connectivity index (χ1v) is 6.60. The third-order valence-electron chi connectivity index (χ3n) is 4.18. The van der Waals surface area contributed by atoms with Crippen LogP contribution in [-0.4, -0.2) is 73.7 Å². The van der Waals surface area contributed by atoms with Crippen LogP contribution in [0.5, 0.6) is 0 Å². The molecule has 3 aliphatic rings. The van der Waals surface area contributed by atoms with Gasteiger partial charge >= 0.3 is 0 Å². The molecule has 0 aromatic heterocycles. The fraction of sp³-hybridized carbons (Fsp3) is 0.917. The van der Waals surface area contributed by atoms with Crippen LogP contribution < -0.4 is 5.32 Å². The molecule has 3 rings (SSSR count). The van der Waals surface area contributed by atoms with E-state index in [0.29, 0.717) is 6.04 Å². The second kappa shape index (κ2) is 4.55. The molecule has 5 heteroatoms. The summed E-state index contributed by atoms with van der Waals surface area (Å²) in [6.07, 6.45) is 1.99. The lowest BCUT2D eigenvalue weighted by atomic mass is 10.1. The highest BCUT2D eigenvalue weighted by atomic mass is 16.5. The van der Waals surface area contributed by atoms with Crippen molar-refractivity contribution >= 4 is 5.91 Å². The normalized spacial score (nSPS) is 38.4. The van der Waals surface area contributed by atoms with E-state index in [-0.39, 0.29) is 18.1 Å². The monoisotopic (exact) mass is 239 g/mol. The van der Waals surface area contributed by atoms with Gasteiger partial charge in [0.2, 0.25) is 0 Å². The van der Waals surface area contributed by atoms with E-state index < -0.39 is 0 Å². The Balaban J connectivity index is 1.56. The van der Waals surface area contributed by atoms with Gasteiger partial charge in [-0.3, -0.25) is 4.79 Å². The Labute approximate surface area is 102 Å². The van der Waals surface area contributed by atoms with Crippen LogP contribution in [0.15, 0.2) is 0 Å². The number of carbonyl (C=O) groups is 1. The maximum atomic E-state index is 12.3. The zero-order chi connectivity index (χ0) is 11.8. The van der Waals surface area contributed by atoms with E-state index in [0.717, 1.165) is 45.6 Å². The molecule has 0 aromatic carbocycles. The fourth-order valence-electron chi connectivity index (χ4n) is 3.03. The van der Waals surface area contributed by atoms with Gasteiger partial charge in [-0.2, -0.15) is 0 Å². The number of piperazine rings is 1. The quantitative estimate of drug-likeness (QED) is 0.656. The number of ether oxygens (including phenoxy) is 1. The largest absolute Gasteiger partial charge is 0.363 e. The van der Waals surface area contributed by atoms with E-state index in [4.69, 9.17) is 4.74 Å². The molecular formula is C12H21N3O2. The van der Waals surface area contributed by atoms with Crippen LogP contribution in [0.3, 0.4) is 0 Å². The van der Waals surface area contributed by atoms with Gasteiger partial charge in [0.1, 0.15) is 6.10 Å². The van der Waals surface area contributed by atoms with E-state index in [1.54, 1.807) is 0 Å². The summed E-state index contributed by atoms with van der Waals surface area (Å²) in [5, 5.41) is 3.41. The van der Waals surface area contributed by atoms with Crippen molar-refractivity contribution in [2.24, 2.45) is 0 Å². The number of nitrogens with zero attached hydrogens (tertiary/aromatic N) is 2. The lowest BCUT2D eigenvalue weighted by Crippen LogP contribution is -2.50. The van der Waals surface area contributed by atoms with Crippen molar-refractivity contribution in [3.8, 4) is 0 Å². The van der Waals surface area contributed by atoms with Crippen LogP contribution in [0.1, 0.15) is 12.8 Å². The summed E-state index contributed by atoms with van der Waals surface area (Å²) in [6, 6.07) is 0.413. The number of amides is 1. The highest BCUT2D eigenvalue weighted by Crippen LogP contribution is 2.27. The summed E-state index contributed by atoms with van der Waals surface area (Å²) >= 11 is 0. The predicted octanol–water partition coefficient (Wildman–Crippen LogP) is -0.720. The van der Waals surface area contributed by atoms with Crippen LogP contribution in [0.2, 0.25) is 0 Å². The molecule has 0 spiro atoms. The number of hydrogen-bond donors (Lipinski definition) is 1. The summed E-state index contributed by atoms with van der Waals surface area (Å²) in [5.74, 6) is 0.203. The number of likely N-dealkylation sites (N-methyl/N-ethyl adjacent to an activating group) is 1. The van der Waals surface area contributed by atoms with Crippen molar-refractivity contribution in [2.45, 2.75) is 31.1 Å². The van der Waals surface area contributed by atoms with Crippen LogP contribution in [0, 0.1) is 0 Å². The Bertz CT molecular complexity index is 290. The SMILES string of the molecule is CN1CCN(C(=O)[C@@H]2C[C@H]3NCC[C@H]3O2)CC1. The van der Waals surface area contributed by atoms with Gasteiger partial charge < -0.3 is 19.9 Å². The average Bonchev–Trinajstić information content (AvgIpc) is 2.89. The maximum Gasteiger partial charge on any atom is 0.251 e. The van der Waals surface area contributed by atoms with E-state index in [1.165, 1.54) is 0 Å². The molecule has 0 radical (unpaired) electrons. The number of carbonyl (C=O) groups excluding carboxylic acids is 1. The Hall–Kier alpha value is -0.650. The number of nitrogens with one attached hydrogen (secondary N) is 1. The standard InChI is InChI=1S/C12H21N3O2/c1-14-4-6-15(7-5-14)12(16)11-8-9-10(17-11)2-3-13-9/h9-11,13H,2-8H2,1H3/t9-,10-,11+/m1/s1. The number of fused-ring (bicyclic) bond motifs is 1. The molecule has 3 heterocycles. The van der Waals surface area contributed by atoms with Crippen LogP contribution in [0.25, 0.3) is 0 Å². The summed E-state index contributed by atoms with van der Waals surface area (Å²) in [4.78, 5) is 16.5. The minimum Gasteiger partial charge on any atom is -0.363 e. The van der Waals surface area contributed by atoms with Crippen molar-refractivity contribution in [3.05, 3.63) is 0 Å². The molecule has 1 amide bonds. The molecule has 1 N–H and O–H groups in total. The molecule has 96 valence electrons. The molecule has 0 aromatic rings. The Morgan fingerprint density at radius 3 is 2.76 bits per heavy atom. The zero-order valence-corrected chi connectivity index (χ0v) is 10.4. The molecule has 0 unspecified atom stereocenters. The Morgan fingerprint density at radius 2 is 2.06 bits per heavy atom. The van der Waals surface area contributed by atoms with Crippen molar-refractivity contribution in [3.63, 3.8) is 0 Å². The molecule has 0 bridgehead atoms. The average molecular weight is 239 g/mol. The minimum absolute atomic E-state index is 0.193. The molecule has 17 heavy (non-hydrogen) atoms. The van der Waals surface area contributed by atoms with Crippen LogP contribution in [0.4, 0.5) is 0 Å². The molecule has 3 saturated heterocycles. The van der Waals surface area contributed by atoms with Crippen molar-refractivity contribution < 1.29 is 9.53 Å². The van der Waals surface area contributed by atoms with Gasteiger partial charge in [-0.15, -0.1) is 0 Å². The Kier molecular flexibility index (Phi) is 3.06. The number of hydrogen-bond acceptors (Lipinski definition) is 4. The summed E-state index contributed by atoms with van der Waals surface area (Å²) in [5.41, 5.74) is 0. The molecule has 3 atom stereocenters. The Morgan fingerprint density at radius 1 is 1.29 bits per heavy atom. The smallest absolute Gasteiger partial charge is 0.251 e.